The van der Waals surface area contributed by atoms with Crippen molar-refractivity contribution < 1.29 is 14.6 Å². The topological polar surface area (TPSA) is 70.3 Å². The third-order valence-electron chi connectivity index (χ3n) is 5.27. The minimum Gasteiger partial charge on any atom is -0.496 e. The number of aryl methyl sites for hydroxylation is 1. The molecule has 3 rings (SSSR count). The largest absolute Gasteiger partial charge is 0.496 e. The number of carboxylic acids is 1. The first-order valence-corrected chi connectivity index (χ1v) is 10.2. The summed E-state index contributed by atoms with van der Waals surface area (Å²) in [4.78, 5) is 11.1. The molecule has 31 heavy (non-hydrogen) atoms. The highest BCUT2D eigenvalue weighted by atomic mass is 16.5. The van der Waals surface area contributed by atoms with Gasteiger partial charge in [-0.2, -0.15) is 5.26 Å². The lowest BCUT2D eigenvalue weighted by Crippen LogP contribution is -2.04. The summed E-state index contributed by atoms with van der Waals surface area (Å²) in [5, 5.41) is 18.1. The molecule has 0 aromatic heterocycles. The van der Waals surface area contributed by atoms with Crippen LogP contribution >= 0.6 is 0 Å². The number of carbonyl (C=O) groups is 1. The van der Waals surface area contributed by atoms with Gasteiger partial charge in [0, 0.05) is 5.56 Å². The third-order valence-corrected chi connectivity index (χ3v) is 5.27. The summed E-state index contributed by atoms with van der Waals surface area (Å²) in [6.07, 6.45) is 6.92. The van der Waals surface area contributed by atoms with Crippen LogP contribution in [-0.4, -0.2) is 18.2 Å². The number of aromatic carboxylic acids is 1. The van der Waals surface area contributed by atoms with Gasteiger partial charge >= 0.3 is 5.97 Å². The maximum Gasteiger partial charge on any atom is 0.335 e. The van der Waals surface area contributed by atoms with Crippen LogP contribution in [-0.2, 0) is 12.8 Å². The van der Waals surface area contributed by atoms with Crippen molar-refractivity contribution >= 4 is 12.0 Å². The first-order chi connectivity index (χ1) is 15.1. The van der Waals surface area contributed by atoms with Crippen molar-refractivity contribution in [2.45, 2.75) is 19.3 Å². The normalized spacial score (nSPS) is 11.7. The molecular weight excluding hydrogens is 386 g/mol. The molecule has 0 radical (unpaired) electrons. The first kappa shape index (κ1) is 21.9. The molecule has 1 N–H and O–H groups in total. The summed E-state index contributed by atoms with van der Waals surface area (Å²) in [6.45, 7) is 0. The van der Waals surface area contributed by atoms with E-state index in [-0.39, 0.29) is 5.92 Å². The smallest absolute Gasteiger partial charge is 0.335 e. The van der Waals surface area contributed by atoms with E-state index in [0.717, 1.165) is 36.1 Å². The molecule has 4 nitrogen and oxygen atoms in total. The number of nitrogens with zero attached hydrogens (tertiary/aromatic N) is 1. The van der Waals surface area contributed by atoms with Crippen LogP contribution in [0.1, 0.15) is 39.0 Å². The molecule has 1 unspecified atom stereocenters. The average molecular weight is 412 g/mol. The number of hydrogen-bond acceptors (Lipinski definition) is 3. The molecule has 0 heterocycles. The maximum atomic E-state index is 11.1. The van der Waals surface area contributed by atoms with E-state index in [0.29, 0.717) is 11.1 Å². The van der Waals surface area contributed by atoms with Crippen LogP contribution in [0.15, 0.2) is 78.9 Å². The predicted molar refractivity (Wildman–Crippen MR) is 122 cm³/mol. The van der Waals surface area contributed by atoms with Gasteiger partial charge in [-0.1, -0.05) is 54.6 Å². The second-order valence-corrected chi connectivity index (χ2v) is 7.41. The van der Waals surface area contributed by atoms with Gasteiger partial charge in [0.1, 0.15) is 5.75 Å². The highest BCUT2D eigenvalue weighted by Crippen LogP contribution is 2.23. The zero-order valence-corrected chi connectivity index (χ0v) is 17.5. The molecular formula is C27H25NO3. The Labute approximate surface area is 183 Å². The van der Waals surface area contributed by atoms with Gasteiger partial charge in [0.25, 0.3) is 0 Å². The fourth-order valence-electron chi connectivity index (χ4n) is 3.49. The minimum absolute atomic E-state index is 0.260. The zero-order chi connectivity index (χ0) is 22.1. The van der Waals surface area contributed by atoms with E-state index < -0.39 is 5.97 Å². The Morgan fingerprint density at radius 2 is 1.71 bits per heavy atom. The molecule has 0 aliphatic rings. The van der Waals surface area contributed by atoms with Gasteiger partial charge in [0.15, 0.2) is 0 Å². The van der Waals surface area contributed by atoms with E-state index in [1.54, 1.807) is 19.2 Å². The van der Waals surface area contributed by atoms with Crippen molar-refractivity contribution in [1.29, 1.82) is 5.26 Å². The summed E-state index contributed by atoms with van der Waals surface area (Å²) in [5.74, 6) is 0.173. The summed E-state index contributed by atoms with van der Waals surface area (Å²) in [7, 11) is 1.67. The molecule has 0 aliphatic heterocycles. The van der Waals surface area contributed by atoms with Crippen LogP contribution in [0.4, 0.5) is 0 Å². The lowest BCUT2D eigenvalue weighted by atomic mass is 9.91. The highest BCUT2D eigenvalue weighted by Gasteiger charge is 2.10. The Hall–Kier alpha value is -3.84. The van der Waals surface area contributed by atoms with Crippen molar-refractivity contribution in [3.63, 3.8) is 0 Å². The molecule has 0 amide bonds. The molecule has 0 fully saturated rings. The first-order valence-electron chi connectivity index (χ1n) is 10.2. The lowest BCUT2D eigenvalue weighted by Gasteiger charge is -2.14. The number of hydrogen-bond donors (Lipinski definition) is 1. The Morgan fingerprint density at radius 3 is 2.35 bits per heavy atom. The highest BCUT2D eigenvalue weighted by molar-refractivity contribution is 5.87. The van der Waals surface area contributed by atoms with Crippen LogP contribution in [0.3, 0.4) is 0 Å². The van der Waals surface area contributed by atoms with Gasteiger partial charge in [-0.05, 0) is 66.6 Å². The van der Waals surface area contributed by atoms with E-state index in [1.807, 2.05) is 60.7 Å². The quantitative estimate of drug-likeness (QED) is 0.485. The monoisotopic (exact) mass is 411 g/mol. The Bertz CT molecular complexity index is 1080. The van der Waals surface area contributed by atoms with Gasteiger partial charge < -0.3 is 9.84 Å². The zero-order valence-electron chi connectivity index (χ0n) is 17.5. The molecule has 156 valence electrons. The molecule has 1 atom stereocenters. The molecule has 0 spiro atoms. The molecule has 0 saturated carbocycles. The van der Waals surface area contributed by atoms with E-state index >= 15 is 0 Å². The van der Waals surface area contributed by atoms with E-state index in [1.165, 1.54) is 5.56 Å². The number of ether oxygens (including phenoxy) is 1. The fourth-order valence-corrected chi connectivity index (χ4v) is 3.49. The van der Waals surface area contributed by atoms with Gasteiger partial charge in [-0.15, -0.1) is 0 Å². The van der Waals surface area contributed by atoms with Crippen molar-refractivity contribution in [2.24, 2.45) is 5.92 Å². The minimum atomic E-state index is -0.917. The molecule has 0 saturated heterocycles. The van der Waals surface area contributed by atoms with Crippen molar-refractivity contribution in [2.75, 3.05) is 7.11 Å². The number of benzene rings is 3. The second kappa shape index (κ2) is 10.8. The van der Waals surface area contributed by atoms with Crippen molar-refractivity contribution in [3.8, 4) is 11.8 Å². The third kappa shape index (κ3) is 6.32. The van der Waals surface area contributed by atoms with Crippen LogP contribution in [0.5, 0.6) is 5.75 Å². The van der Waals surface area contributed by atoms with Gasteiger partial charge in [-0.25, -0.2) is 4.79 Å². The number of rotatable bonds is 9. The van der Waals surface area contributed by atoms with Gasteiger partial charge in [0.05, 0.1) is 24.3 Å². The number of nitriles is 1. The van der Waals surface area contributed by atoms with Crippen molar-refractivity contribution in [1.82, 2.24) is 0 Å². The molecule has 0 aliphatic carbocycles. The molecule has 3 aromatic carbocycles. The Kier molecular flexibility index (Phi) is 7.61. The van der Waals surface area contributed by atoms with Crippen LogP contribution < -0.4 is 4.74 Å². The summed E-state index contributed by atoms with van der Waals surface area (Å²) in [6, 6.07) is 24.8. The fraction of sp³-hybridized carbons (Fsp3) is 0.185. The molecule has 3 aromatic rings. The van der Waals surface area contributed by atoms with Crippen molar-refractivity contribution in [3.05, 3.63) is 107 Å². The maximum absolute atomic E-state index is 11.1. The number of methoxy groups -OCH3 is 1. The van der Waals surface area contributed by atoms with Gasteiger partial charge in [-0.3, -0.25) is 0 Å². The number of para-hydroxylation sites is 1. The summed E-state index contributed by atoms with van der Waals surface area (Å²) in [5.41, 5.74) is 4.27. The number of carboxylic acid groups (broad SMARTS) is 1. The number of allylic oxidation sites excluding steroid dienone is 1. The standard InChI is InChI=1S/C27H25NO3/c1-31-26-5-3-2-4-24(26)15-12-21(9-6-20-7-10-23(19-28)11-8-20)18-22-13-16-25(17-14-22)27(29)30/h2-5,7-8,10-17,21H,6,9,18H2,1H3,(H,29,30). The Balaban J connectivity index is 1.77. The molecule has 4 heteroatoms. The summed E-state index contributed by atoms with van der Waals surface area (Å²) < 4.78 is 5.45. The molecule has 0 bridgehead atoms. The lowest BCUT2D eigenvalue weighted by molar-refractivity contribution is 0.0697. The van der Waals surface area contributed by atoms with E-state index in [9.17, 15) is 4.79 Å². The SMILES string of the molecule is COc1ccccc1C=CC(CCc1ccc(C#N)cc1)Cc1ccc(C(=O)O)cc1. The average Bonchev–Trinajstić information content (AvgIpc) is 2.81. The van der Waals surface area contributed by atoms with E-state index in [2.05, 4.69) is 18.2 Å². The summed E-state index contributed by atoms with van der Waals surface area (Å²) >= 11 is 0. The second-order valence-electron chi connectivity index (χ2n) is 7.41. The van der Waals surface area contributed by atoms with Crippen LogP contribution in [0.2, 0.25) is 0 Å². The van der Waals surface area contributed by atoms with E-state index in [4.69, 9.17) is 15.1 Å². The van der Waals surface area contributed by atoms with Crippen LogP contribution in [0, 0.1) is 17.2 Å². The van der Waals surface area contributed by atoms with Gasteiger partial charge in [0.2, 0.25) is 0 Å². The predicted octanol–water partition coefficient (Wildman–Crippen LogP) is 5.77. The Morgan fingerprint density at radius 1 is 1.03 bits per heavy atom. The van der Waals surface area contributed by atoms with Crippen LogP contribution in [0.25, 0.3) is 6.08 Å².